The molecule has 0 unspecified atom stereocenters. The second-order valence-corrected chi connectivity index (χ2v) is 4.19. The van der Waals surface area contributed by atoms with Crippen LogP contribution in [0.25, 0.3) is 10.6 Å². The Balaban J connectivity index is 2.45. The van der Waals surface area contributed by atoms with Gasteiger partial charge in [0.1, 0.15) is 15.7 Å². The molecule has 0 N–H and O–H groups in total. The third kappa shape index (κ3) is 2.06. The SMILES string of the molecule is O=Cc1sc(-c2ccc(F)cc2)nc1Cl. The average Bonchev–Trinajstić information content (AvgIpc) is 2.61. The lowest BCUT2D eigenvalue weighted by Crippen LogP contribution is -1.76. The molecule has 0 saturated carbocycles. The van der Waals surface area contributed by atoms with Crippen molar-refractivity contribution in [3.63, 3.8) is 0 Å². The van der Waals surface area contributed by atoms with Crippen molar-refractivity contribution < 1.29 is 9.18 Å². The summed E-state index contributed by atoms with van der Waals surface area (Å²) in [6.45, 7) is 0. The molecule has 2 rings (SSSR count). The van der Waals surface area contributed by atoms with Crippen molar-refractivity contribution >= 4 is 29.2 Å². The monoisotopic (exact) mass is 241 g/mol. The Kier molecular flexibility index (Phi) is 2.79. The first-order chi connectivity index (χ1) is 7.20. The molecular weight excluding hydrogens is 237 g/mol. The number of carbonyl (C=O) groups is 1. The summed E-state index contributed by atoms with van der Waals surface area (Å²) in [5, 5.41) is 0.802. The van der Waals surface area contributed by atoms with Gasteiger partial charge in [0.25, 0.3) is 0 Å². The zero-order chi connectivity index (χ0) is 10.8. The molecule has 15 heavy (non-hydrogen) atoms. The van der Waals surface area contributed by atoms with Crippen LogP contribution in [0.15, 0.2) is 24.3 Å². The maximum absolute atomic E-state index is 12.7. The highest BCUT2D eigenvalue weighted by atomic mass is 35.5. The number of nitrogens with zero attached hydrogens (tertiary/aromatic N) is 1. The summed E-state index contributed by atoms with van der Waals surface area (Å²) in [7, 11) is 0. The van der Waals surface area contributed by atoms with Crippen LogP contribution in [0.5, 0.6) is 0 Å². The fraction of sp³-hybridized carbons (Fsp3) is 0. The zero-order valence-electron chi connectivity index (χ0n) is 7.41. The van der Waals surface area contributed by atoms with E-state index in [-0.39, 0.29) is 11.0 Å². The Morgan fingerprint density at radius 2 is 2.00 bits per heavy atom. The Bertz CT molecular complexity index is 495. The van der Waals surface area contributed by atoms with Crippen LogP contribution >= 0.6 is 22.9 Å². The van der Waals surface area contributed by atoms with E-state index in [0.717, 1.165) is 5.56 Å². The van der Waals surface area contributed by atoms with E-state index in [1.165, 1.54) is 23.5 Å². The molecule has 2 nitrogen and oxygen atoms in total. The molecule has 5 heteroatoms. The number of carbonyl (C=O) groups excluding carboxylic acids is 1. The number of hydrogen-bond acceptors (Lipinski definition) is 3. The van der Waals surface area contributed by atoms with Crippen LogP contribution < -0.4 is 0 Å². The number of aromatic nitrogens is 1. The van der Waals surface area contributed by atoms with Crippen LogP contribution in [0.4, 0.5) is 4.39 Å². The van der Waals surface area contributed by atoms with Crippen molar-refractivity contribution in [1.82, 2.24) is 4.98 Å². The molecule has 0 radical (unpaired) electrons. The van der Waals surface area contributed by atoms with Crippen LogP contribution in [0, 0.1) is 5.82 Å². The number of thiazole rings is 1. The molecule has 0 saturated heterocycles. The molecule has 0 aliphatic heterocycles. The van der Waals surface area contributed by atoms with E-state index in [2.05, 4.69) is 4.98 Å². The van der Waals surface area contributed by atoms with Crippen LogP contribution in [0.2, 0.25) is 5.15 Å². The summed E-state index contributed by atoms with van der Waals surface area (Å²) in [6.07, 6.45) is 0.660. The maximum Gasteiger partial charge on any atom is 0.163 e. The third-order valence-electron chi connectivity index (χ3n) is 1.81. The second-order valence-electron chi connectivity index (χ2n) is 2.80. The molecule has 0 amide bonds. The smallest absolute Gasteiger partial charge is 0.163 e. The van der Waals surface area contributed by atoms with Crippen molar-refractivity contribution in [2.24, 2.45) is 0 Å². The van der Waals surface area contributed by atoms with E-state index in [9.17, 15) is 9.18 Å². The summed E-state index contributed by atoms with van der Waals surface area (Å²) in [5.41, 5.74) is 0.747. The van der Waals surface area contributed by atoms with Crippen molar-refractivity contribution in [3.05, 3.63) is 40.1 Å². The summed E-state index contributed by atoms with van der Waals surface area (Å²) in [5.74, 6) is -0.308. The lowest BCUT2D eigenvalue weighted by molar-refractivity contribution is 0.112. The fourth-order valence-corrected chi connectivity index (χ4v) is 2.17. The lowest BCUT2D eigenvalue weighted by Gasteiger charge is -1.94. The molecule has 0 atom stereocenters. The fourth-order valence-electron chi connectivity index (χ4n) is 1.10. The first-order valence-electron chi connectivity index (χ1n) is 4.08. The minimum atomic E-state index is -0.308. The Hall–Kier alpha value is -1.26. The van der Waals surface area contributed by atoms with E-state index in [1.54, 1.807) is 12.1 Å². The van der Waals surface area contributed by atoms with Gasteiger partial charge < -0.3 is 0 Å². The Morgan fingerprint density at radius 1 is 1.33 bits per heavy atom. The maximum atomic E-state index is 12.7. The van der Waals surface area contributed by atoms with Gasteiger partial charge in [0.15, 0.2) is 11.4 Å². The normalized spacial score (nSPS) is 10.3. The predicted molar refractivity (Wildman–Crippen MR) is 57.9 cm³/mol. The lowest BCUT2D eigenvalue weighted by atomic mass is 10.2. The molecule has 1 aromatic carbocycles. The average molecular weight is 242 g/mol. The van der Waals surface area contributed by atoms with Crippen molar-refractivity contribution in [2.75, 3.05) is 0 Å². The Morgan fingerprint density at radius 3 is 2.53 bits per heavy atom. The van der Waals surface area contributed by atoms with Gasteiger partial charge in [0, 0.05) is 5.56 Å². The summed E-state index contributed by atoms with van der Waals surface area (Å²) < 4.78 is 12.7. The summed E-state index contributed by atoms with van der Waals surface area (Å²) >= 11 is 6.91. The van der Waals surface area contributed by atoms with Gasteiger partial charge in [-0.25, -0.2) is 9.37 Å². The highest BCUT2D eigenvalue weighted by Gasteiger charge is 2.09. The molecule has 1 aromatic heterocycles. The quantitative estimate of drug-likeness (QED) is 0.754. The van der Waals surface area contributed by atoms with Gasteiger partial charge in [-0.2, -0.15) is 0 Å². The van der Waals surface area contributed by atoms with Crippen molar-refractivity contribution in [3.8, 4) is 10.6 Å². The van der Waals surface area contributed by atoms with Gasteiger partial charge in [0.05, 0.1) is 0 Å². The molecule has 0 fully saturated rings. The van der Waals surface area contributed by atoms with Crippen LogP contribution in [0.1, 0.15) is 9.67 Å². The van der Waals surface area contributed by atoms with E-state index in [4.69, 9.17) is 11.6 Å². The number of rotatable bonds is 2. The zero-order valence-corrected chi connectivity index (χ0v) is 8.98. The molecular formula is C10H5ClFNOS. The first-order valence-corrected chi connectivity index (χ1v) is 5.27. The van der Waals surface area contributed by atoms with Crippen LogP contribution in [0.3, 0.4) is 0 Å². The molecule has 2 aromatic rings. The topological polar surface area (TPSA) is 30.0 Å². The summed E-state index contributed by atoms with van der Waals surface area (Å²) in [6, 6.07) is 5.87. The highest BCUT2D eigenvalue weighted by molar-refractivity contribution is 7.17. The minimum absolute atomic E-state index is 0.189. The van der Waals surface area contributed by atoms with Gasteiger partial charge in [-0.05, 0) is 24.3 Å². The number of aldehydes is 1. The predicted octanol–water partition coefficient (Wildman–Crippen LogP) is 3.42. The number of benzene rings is 1. The molecule has 76 valence electrons. The molecule has 0 aliphatic rings. The van der Waals surface area contributed by atoms with Gasteiger partial charge in [-0.15, -0.1) is 11.3 Å². The van der Waals surface area contributed by atoms with Crippen molar-refractivity contribution in [2.45, 2.75) is 0 Å². The van der Waals surface area contributed by atoms with Gasteiger partial charge in [-0.3, -0.25) is 4.79 Å². The van der Waals surface area contributed by atoms with Gasteiger partial charge in [0.2, 0.25) is 0 Å². The van der Waals surface area contributed by atoms with E-state index in [0.29, 0.717) is 16.2 Å². The van der Waals surface area contributed by atoms with E-state index < -0.39 is 0 Å². The molecule has 1 heterocycles. The standard InChI is InChI=1S/C10H5ClFNOS/c11-9-8(5-14)15-10(13-9)6-1-3-7(12)4-2-6/h1-5H. The van der Waals surface area contributed by atoms with E-state index >= 15 is 0 Å². The largest absolute Gasteiger partial charge is 0.297 e. The molecule has 0 aliphatic carbocycles. The number of halogens is 2. The van der Waals surface area contributed by atoms with Crippen LogP contribution in [-0.2, 0) is 0 Å². The first kappa shape index (κ1) is 10.3. The minimum Gasteiger partial charge on any atom is -0.297 e. The second kappa shape index (κ2) is 4.08. The third-order valence-corrected chi connectivity index (χ3v) is 3.24. The van der Waals surface area contributed by atoms with Gasteiger partial charge in [-0.1, -0.05) is 11.6 Å². The van der Waals surface area contributed by atoms with E-state index in [1.807, 2.05) is 0 Å². The highest BCUT2D eigenvalue weighted by Crippen LogP contribution is 2.29. The van der Waals surface area contributed by atoms with Crippen LogP contribution in [-0.4, -0.2) is 11.3 Å². The van der Waals surface area contributed by atoms with Crippen molar-refractivity contribution in [1.29, 1.82) is 0 Å². The molecule has 0 bridgehead atoms. The number of hydrogen-bond donors (Lipinski definition) is 0. The Labute approximate surface area is 94.3 Å². The van der Waals surface area contributed by atoms with Gasteiger partial charge >= 0.3 is 0 Å². The molecule has 0 spiro atoms. The summed E-state index contributed by atoms with van der Waals surface area (Å²) in [4.78, 5) is 14.9.